The molecule has 0 aliphatic carbocycles. The molecule has 1 aromatic heterocycles. The fourth-order valence-corrected chi connectivity index (χ4v) is 1.25. The van der Waals surface area contributed by atoms with E-state index < -0.39 is 0 Å². The predicted molar refractivity (Wildman–Crippen MR) is 54.6 cm³/mol. The number of hydrogen-bond donors (Lipinski definition) is 0. The van der Waals surface area contributed by atoms with Crippen molar-refractivity contribution in [1.29, 1.82) is 0 Å². The third kappa shape index (κ3) is 1.72. The lowest BCUT2D eigenvalue weighted by atomic mass is 10.3. The van der Waals surface area contributed by atoms with Crippen molar-refractivity contribution in [2.45, 2.75) is 0 Å². The number of benzene rings is 1. The van der Waals surface area contributed by atoms with E-state index in [2.05, 4.69) is 12.2 Å². The van der Waals surface area contributed by atoms with E-state index >= 15 is 0 Å². The Bertz CT molecular complexity index is 422. The topological polar surface area (TPSA) is 27.1 Å². The lowest BCUT2D eigenvalue weighted by Crippen LogP contribution is -1.94. The van der Waals surface area contributed by atoms with E-state index in [9.17, 15) is 0 Å². The van der Waals surface area contributed by atoms with E-state index in [0.717, 1.165) is 5.69 Å². The van der Waals surface area contributed by atoms with E-state index in [-0.39, 0.29) is 0 Å². The average molecular weight is 208 g/mol. The molecule has 0 amide bonds. The Labute approximate surface area is 86.9 Å². The molecule has 14 heavy (non-hydrogen) atoms. The Morgan fingerprint density at radius 3 is 2.50 bits per heavy atom. The number of aromatic nitrogens is 2. The standard InChI is InChI=1S/C10H8ClN2O/c1-14-10-6-7-13(12-10)9-4-2-8(11)3-5-9/h2-7H,1H2. The second kappa shape index (κ2) is 3.72. The van der Waals surface area contributed by atoms with Crippen LogP contribution in [0.5, 0.6) is 5.88 Å². The Morgan fingerprint density at radius 2 is 1.93 bits per heavy atom. The highest BCUT2D eigenvalue weighted by Gasteiger charge is 1.99. The van der Waals surface area contributed by atoms with Crippen LogP contribution in [0.1, 0.15) is 0 Å². The first-order chi connectivity index (χ1) is 6.79. The average Bonchev–Trinajstić information content (AvgIpc) is 2.67. The molecule has 0 saturated carbocycles. The van der Waals surface area contributed by atoms with Crippen LogP contribution < -0.4 is 4.74 Å². The maximum atomic E-state index is 5.77. The number of halogens is 1. The summed E-state index contributed by atoms with van der Waals surface area (Å²) in [6, 6.07) is 9.11. The van der Waals surface area contributed by atoms with Crippen LogP contribution in [-0.4, -0.2) is 9.78 Å². The molecule has 0 aliphatic rings. The van der Waals surface area contributed by atoms with Gasteiger partial charge in [-0.2, -0.15) is 0 Å². The van der Waals surface area contributed by atoms with Gasteiger partial charge in [-0.05, 0) is 24.3 Å². The van der Waals surface area contributed by atoms with Crippen LogP contribution in [0.2, 0.25) is 5.02 Å². The minimum atomic E-state index is 0.486. The molecule has 1 heterocycles. The van der Waals surface area contributed by atoms with Gasteiger partial charge in [0.2, 0.25) is 5.88 Å². The molecule has 2 rings (SSSR count). The Kier molecular flexibility index (Phi) is 2.41. The maximum absolute atomic E-state index is 5.77. The van der Waals surface area contributed by atoms with Gasteiger partial charge in [0.1, 0.15) is 7.11 Å². The van der Waals surface area contributed by atoms with Crippen LogP contribution in [0.25, 0.3) is 5.69 Å². The van der Waals surface area contributed by atoms with Gasteiger partial charge in [0.15, 0.2) is 0 Å². The van der Waals surface area contributed by atoms with Crippen LogP contribution >= 0.6 is 11.6 Å². The molecule has 3 nitrogen and oxygen atoms in total. The lowest BCUT2D eigenvalue weighted by molar-refractivity contribution is 0.448. The minimum absolute atomic E-state index is 0.486. The molecule has 2 aromatic rings. The molecule has 1 radical (unpaired) electrons. The summed E-state index contributed by atoms with van der Waals surface area (Å²) in [6.07, 6.45) is 1.80. The molecule has 0 spiro atoms. The van der Waals surface area contributed by atoms with Gasteiger partial charge >= 0.3 is 0 Å². The van der Waals surface area contributed by atoms with Crippen LogP contribution in [0.15, 0.2) is 36.5 Å². The van der Waals surface area contributed by atoms with Gasteiger partial charge < -0.3 is 4.74 Å². The summed E-state index contributed by atoms with van der Waals surface area (Å²) in [7, 11) is 3.28. The summed E-state index contributed by atoms with van der Waals surface area (Å²) in [5.74, 6) is 0.486. The van der Waals surface area contributed by atoms with Crippen LogP contribution in [0.4, 0.5) is 0 Å². The number of hydrogen-bond acceptors (Lipinski definition) is 2. The number of nitrogens with zero attached hydrogens (tertiary/aromatic N) is 2. The maximum Gasteiger partial charge on any atom is 0.233 e. The smallest absolute Gasteiger partial charge is 0.233 e. The quantitative estimate of drug-likeness (QED) is 0.757. The lowest BCUT2D eigenvalue weighted by Gasteiger charge is -2.00. The van der Waals surface area contributed by atoms with Crippen molar-refractivity contribution in [3.8, 4) is 11.6 Å². The van der Waals surface area contributed by atoms with Crippen LogP contribution in [0, 0.1) is 7.11 Å². The van der Waals surface area contributed by atoms with Gasteiger partial charge in [0.05, 0.1) is 5.69 Å². The molecule has 0 unspecified atom stereocenters. The molecule has 0 atom stereocenters. The van der Waals surface area contributed by atoms with Gasteiger partial charge in [0.25, 0.3) is 0 Å². The van der Waals surface area contributed by atoms with E-state index in [1.807, 2.05) is 24.3 Å². The van der Waals surface area contributed by atoms with Crippen LogP contribution in [0.3, 0.4) is 0 Å². The highest BCUT2D eigenvalue weighted by atomic mass is 35.5. The molecule has 1 aromatic carbocycles. The molecule has 0 fully saturated rings. The number of ether oxygens (including phenoxy) is 1. The molecule has 71 valence electrons. The van der Waals surface area contributed by atoms with Gasteiger partial charge in [-0.3, -0.25) is 0 Å². The van der Waals surface area contributed by atoms with Gasteiger partial charge in [-0.25, -0.2) is 4.68 Å². The summed E-state index contributed by atoms with van der Waals surface area (Å²) in [5, 5.41) is 4.82. The normalized spacial score (nSPS) is 10.1. The molecular formula is C10H8ClN2O. The van der Waals surface area contributed by atoms with Crippen molar-refractivity contribution in [1.82, 2.24) is 9.78 Å². The predicted octanol–water partition coefficient (Wildman–Crippen LogP) is 2.70. The Morgan fingerprint density at radius 1 is 1.21 bits per heavy atom. The first kappa shape index (κ1) is 9.09. The second-order valence-electron chi connectivity index (χ2n) is 2.72. The first-order valence-corrected chi connectivity index (χ1v) is 4.41. The number of rotatable bonds is 2. The van der Waals surface area contributed by atoms with Crippen LogP contribution in [-0.2, 0) is 0 Å². The zero-order valence-electron chi connectivity index (χ0n) is 7.35. The highest BCUT2D eigenvalue weighted by Crippen LogP contribution is 2.14. The zero-order valence-corrected chi connectivity index (χ0v) is 8.11. The van der Waals surface area contributed by atoms with Gasteiger partial charge in [0, 0.05) is 17.3 Å². The van der Waals surface area contributed by atoms with Crippen molar-refractivity contribution in [3.63, 3.8) is 0 Å². The molecular weight excluding hydrogens is 200 g/mol. The fourth-order valence-electron chi connectivity index (χ4n) is 1.12. The van der Waals surface area contributed by atoms with Crippen molar-refractivity contribution >= 4 is 11.6 Å². The summed E-state index contributed by atoms with van der Waals surface area (Å²) in [6.45, 7) is 0. The van der Waals surface area contributed by atoms with Crippen molar-refractivity contribution in [2.24, 2.45) is 0 Å². The van der Waals surface area contributed by atoms with E-state index in [1.165, 1.54) is 0 Å². The Balaban J connectivity index is 2.34. The summed E-state index contributed by atoms with van der Waals surface area (Å²) in [4.78, 5) is 0. The highest BCUT2D eigenvalue weighted by molar-refractivity contribution is 6.30. The fraction of sp³-hybridized carbons (Fsp3) is 0. The zero-order chi connectivity index (χ0) is 9.97. The minimum Gasteiger partial charge on any atom is -0.473 e. The van der Waals surface area contributed by atoms with E-state index in [1.54, 1.807) is 16.9 Å². The molecule has 4 heteroatoms. The SMILES string of the molecule is [CH2]Oc1ccn(-c2ccc(Cl)cc2)n1. The monoisotopic (exact) mass is 207 g/mol. The summed E-state index contributed by atoms with van der Waals surface area (Å²) >= 11 is 5.77. The summed E-state index contributed by atoms with van der Waals surface area (Å²) < 4.78 is 6.42. The van der Waals surface area contributed by atoms with Gasteiger partial charge in [-0.1, -0.05) is 11.6 Å². The van der Waals surface area contributed by atoms with E-state index in [4.69, 9.17) is 16.3 Å². The molecule has 0 bridgehead atoms. The second-order valence-corrected chi connectivity index (χ2v) is 3.16. The summed E-state index contributed by atoms with van der Waals surface area (Å²) in [5.41, 5.74) is 0.928. The Hall–Kier alpha value is -1.48. The van der Waals surface area contributed by atoms with Crippen molar-refractivity contribution in [3.05, 3.63) is 48.7 Å². The molecule has 0 saturated heterocycles. The van der Waals surface area contributed by atoms with Crippen molar-refractivity contribution < 1.29 is 4.74 Å². The third-order valence-electron chi connectivity index (χ3n) is 1.80. The largest absolute Gasteiger partial charge is 0.473 e. The third-order valence-corrected chi connectivity index (χ3v) is 2.06. The molecule has 0 aliphatic heterocycles. The molecule has 0 N–H and O–H groups in total. The van der Waals surface area contributed by atoms with Gasteiger partial charge in [-0.15, -0.1) is 5.10 Å². The first-order valence-electron chi connectivity index (χ1n) is 4.03. The van der Waals surface area contributed by atoms with E-state index in [0.29, 0.717) is 10.9 Å². The van der Waals surface area contributed by atoms with Crippen molar-refractivity contribution in [2.75, 3.05) is 0 Å².